The molecule has 1 aromatic rings. The number of pyridine rings is 1. The average Bonchev–Trinajstić information content (AvgIpc) is 2.46. The van der Waals surface area contributed by atoms with Crippen molar-refractivity contribution in [3.05, 3.63) is 22.3 Å². The summed E-state index contributed by atoms with van der Waals surface area (Å²) < 4.78 is 5.41. The molecule has 0 atom stereocenters. The number of carbonyl (C=O) groups is 1. The minimum atomic E-state index is -0.728. The van der Waals surface area contributed by atoms with Crippen molar-refractivity contribution >= 4 is 53.9 Å². The molecule has 23 heavy (non-hydrogen) atoms. The quantitative estimate of drug-likeness (QED) is 0.737. The van der Waals surface area contributed by atoms with Gasteiger partial charge in [0.2, 0.25) is 11.8 Å². The number of rotatable bonds is 5. The van der Waals surface area contributed by atoms with Crippen LogP contribution in [0.15, 0.2) is 12.3 Å². The van der Waals surface area contributed by atoms with Gasteiger partial charge in [-0.3, -0.25) is 4.79 Å². The molecule has 2 rings (SSSR count). The molecule has 0 saturated heterocycles. The molecule has 0 spiro atoms. The zero-order chi connectivity index (χ0) is 15.3. The highest BCUT2D eigenvalue weighted by atomic mass is 35.5. The zero-order valence-electron chi connectivity index (χ0n) is 12.5. The third-order valence-corrected chi connectivity index (χ3v) is 4.08. The first-order chi connectivity index (χ1) is 10.0. The molecule has 1 aliphatic carbocycles. The van der Waals surface area contributed by atoms with E-state index in [1.807, 2.05) is 0 Å². The van der Waals surface area contributed by atoms with Gasteiger partial charge in [0, 0.05) is 6.20 Å². The Balaban J connectivity index is 0.00000242. The first-order valence-electron chi connectivity index (χ1n) is 7.02. The van der Waals surface area contributed by atoms with E-state index in [-0.39, 0.29) is 37.3 Å². The Labute approximate surface area is 158 Å². The molecule has 1 amide bonds. The number of aromatic nitrogens is 1. The second-order valence-corrected chi connectivity index (χ2v) is 6.11. The molecule has 0 radical (unpaired) electrons. The molecule has 1 aromatic heterocycles. The molecule has 0 aromatic carbocycles. The second-order valence-electron chi connectivity index (χ2n) is 5.26. The van der Waals surface area contributed by atoms with Crippen LogP contribution < -0.4 is 15.8 Å². The van der Waals surface area contributed by atoms with Gasteiger partial charge in [-0.05, 0) is 18.9 Å². The zero-order valence-corrected chi connectivity index (χ0v) is 15.7. The summed E-state index contributed by atoms with van der Waals surface area (Å²) >= 11 is 11.7. The Morgan fingerprint density at radius 2 is 1.96 bits per heavy atom. The summed E-state index contributed by atoms with van der Waals surface area (Å²) in [6.45, 7) is 0.634. The minimum absolute atomic E-state index is 0. The van der Waals surface area contributed by atoms with Gasteiger partial charge in [0.15, 0.2) is 0 Å². The molecule has 0 aliphatic heterocycles. The van der Waals surface area contributed by atoms with Crippen molar-refractivity contribution in [3.8, 4) is 5.88 Å². The number of nitrogens with zero attached hydrogens (tertiary/aromatic N) is 1. The Morgan fingerprint density at radius 1 is 1.30 bits per heavy atom. The Morgan fingerprint density at radius 3 is 2.57 bits per heavy atom. The molecule has 1 aliphatic rings. The summed E-state index contributed by atoms with van der Waals surface area (Å²) in [4.78, 5) is 16.1. The van der Waals surface area contributed by atoms with Crippen molar-refractivity contribution in [3.63, 3.8) is 0 Å². The van der Waals surface area contributed by atoms with Crippen molar-refractivity contribution < 1.29 is 9.53 Å². The van der Waals surface area contributed by atoms with E-state index in [0.717, 1.165) is 32.1 Å². The van der Waals surface area contributed by atoms with Gasteiger partial charge < -0.3 is 15.8 Å². The third-order valence-electron chi connectivity index (χ3n) is 3.60. The summed E-state index contributed by atoms with van der Waals surface area (Å²) in [5.74, 6) is 0.191. The number of halogens is 4. The number of nitrogens with two attached hydrogens (primary N) is 1. The fraction of sp³-hybridized carbons (Fsp3) is 0.571. The second kappa shape index (κ2) is 10.4. The maximum Gasteiger partial charge on any atom is 0.240 e. The molecule has 1 heterocycles. The smallest absolute Gasteiger partial charge is 0.240 e. The van der Waals surface area contributed by atoms with Crippen molar-refractivity contribution in [2.24, 2.45) is 5.73 Å². The summed E-state index contributed by atoms with van der Waals surface area (Å²) in [5, 5.41) is 3.60. The predicted molar refractivity (Wildman–Crippen MR) is 97.3 cm³/mol. The predicted octanol–water partition coefficient (Wildman–Crippen LogP) is 3.39. The minimum Gasteiger partial charge on any atom is -0.475 e. The van der Waals surface area contributed by atoms with E-state index in [1.54, 1.807) is 6.07 Å². The maximum atomic E-state index is 12.1. The number of hydrogen-bond acceptors (Lipinski definition) is 4. The van der Waals surface area contributed by atoms with Gasteiger partial charge >= 0.3 is 0 Å². The highest BCUT2D eigenvalue weighted by Crippen LogP contribution is 2.26. The molecule has 1 saturated carbocycles. The molecule has 3 N–H and O–H groups in total. The lowest BCUT2D eigenvalue weighted by Gasteiger charge is -2.31. The average molecular weight is 405 g/mol. The molecule has 0 bridgehead atoms. The lowest BCUT2D eigenvalue weighted by Crippen LogP contribution is -2.55. The third kappa shape index (κ3) is 6.51. The first-order valence-corrected chi connectivity index (χ1v) is 7.78. The van der Waals surface area contributed by atoms with E-state index in [2.05, 4.69) is 10.3 Å². The Hall–Kier alpha value is -0.460. The summed E-state index contributed by atoms with van der Waals surface area (Å²) in [6.07, 6.45) is 6.10. The van der Waals surface area contributed by atoms with Crippen LogP contribution in [0.4, 0.5) is 0 Å². The van der Waals surface area contributed by atoms with Crippen LogP contribution in [0.3, 0.4) is 0 Å². The lowest BCUT2D eigenvalue weighted by molar-refractivity contribution is -0.127. The van der Waals surface area contributed by atoms with E-state index in [9.17, 15) is 4.79 Å². The molecular formula is C14H21Cl4N3O2. The Kier molecular flexibility index (Phi) is 10.2. The van der Waals surface area contributed by atoms with Crippen LogP contribution in [0.2, 0.25) is 10.0 Å². The van der Waals surface area contributed by atoms with Gasteiger partial charge in [0.25, 0.3) is 0 Å². The Bertz CT molecular complexity index is 511. The lowest BCUT2D eigenvalue weighted by atomic mass is 9.82. The number of amides is 1. The van der Waals surface area contributed by atoms with Crippen molar-refractivity contribution in [1.29, 1.82) is 0 Å². The van der Waals surface area contributed by atoms with Crippen LogP contribution >= 0.6 is 48.0 Å². The standard InChI is InChI=1S/C14H19Cl2N3O2.2ClH/c15-10-8-11(16)12(19-9-10)21-7-6-18-13(20)14(17)4-2-1-3-5-14;;/h8-9H,1-7,17H2,(H,18,20);2*1H. The maximum absolute atomic E-state index is 12.1. The molecule has 5 nitrogen and oxygen atoms in total. The van der Waals surface area contributed by atoms with Crippen LogP contribution in [-0.4, -0.2) is 29.6 Å². The van der Waals surface area contributed by atoms with Gasteiger partial charge in [-0.1, -0.05) is 42.5 Å². The SMILES string of the molecule is Cl.Cl.NC1(C(=O)NCCOc2ncc(Cl)cc2Cl)CCCCC1. The van der Waals surface area contributed by atoms with Gasteiger partial charge in [0.1, 0.15) is 11.6 Å². The van der Waals surface area contributed by atoms with Crippen molar-refractivity contribution in [1.82, 2.24) is 10.3 Å². The van der Waals surface area contributed by atoms with Crippen LogP contribution in [0.25, 0.3) is 0 Å². The van der Waals surface area contributed by atoms with Crippen molar-refractivity contribution in [2.75, 3.05) is 13.2 Å². The van der Waals surface area contributed by atoms with Gasteiger partial charge in [0.05, 0.1) is 17.1 Å². The summed E-state index contributed by atoms with van der Waals surface area (Å²) in [7, 11) is 0. The highest BCUT2D eigenvalue weighted by Gasteiger charge is 2.34. The topological polar surface area (TPSA) is 77.2 Å². The van der Waals surface area contributed by atoms with E-state index in [0.29, 0.717) is 22.5 Å². The summed E-state index contributed by atoms with van der Waals surface area (Å²) in [5.41, 5.74) is 5.41. The van der Waals surface area contributed by atoms with Crippen LogP contribution in [-0.2, 0) is 4.79 Å². The number of ether oxygens (including phenoxy) is 1. The monoisotopic (exact) mass is 403 g/mol. The van der Waals surface area contributed by atoms with Gasteiger partial charge in [-0.25, -0.2) is 4.98 Å². The fourth-order valence-corrected chi connectivity index (χ4v) is 2.84. The van der Waals surface area contributed by atoms with E-state index >= 15 is 0 Å². The fourth-order valence-electron chi connectivity index (χ4n) is 2.41. The molecular weight excluding hydrogens is 384 g/mol. The van der Waals surface area contributed by atoms with Crippen LogP contribution in [0.1, 0.15) is 32.1 Å². The number of carbonyl (C=O) groups excluding carboxylic acids is 1. The normalized spacial score (nSPS) is 15.8. The van der Waals surface area contributed by atoms with Crippen LogP contribution in [0, 0.1) is 0 Å². The van der Waals surface area contributed by atoms with E-state index in [4.69, 9.17) is 33.7 Å². The van der Waals surface area contributed by atoms with Gasteiger partial charge in [-0.15, -0.1) is 24.8 Å². The van der Waals surface area contributed by atoms with E-state index < -0.39 is 5.54 Å². The largest absolute Gasteiger partial charge is 0.475 e. The number of nitrogens with one attached hydrogen (secondary N) is 1. The molecule has 9 heteroatoms. The van der Waals surface area contributed by atoms with E-state index in [1.165, 1.54) is 6.20 Å². The molecule has 1 fully saturated rings. The first kappa shape index (κ1) is 22.5. The number of hydrogen-bond donors (Lipinski definition) is 2. The molecule has 0 unspecified atom stereocenters. The van der Waals surface area contributed by atoms with Gasteiger partial charge in [-0.2, -0.15) is 0 Å². The van der Waals surface area contributed by atoms with Crippen LogP contribution in [0.5, 0.6) is 5.88 Å². The van der Waals surface area contributed by atoms with Crippen molar-refractivity contribution in [2.45, 2.75) is 37.6 Å². The summed E-state index contributed by atoms with van der Waals surface area (Å²) in [6, 6.07) is 1.56. The molecule has 132 valence electrons. The highest BCUT2D eigenvalue weighted by molar-refractivity contribution is 6.35.